The monoisotopic (exact) mass is 271 g/mol. The highest BCUT2D eigenvalue weighted by atomic mass is 32.1. The van der Waals surface area contributed by atoms with E-state index in [9.17, 15) is 9.59 Å². The summed E-state index contributed by atoms with van der Waals surface area (Å²) in [7, 11) is 1.29. The number of carbonyl (C=O) groups is 2. The van der Waals surface area contributed by atoms with E-state index >= 15 is 0 Å². The first-order chi connectivity index (χ1) is 8.60. The molecule has 0 aliphatic carbocycles. The van der Waals surface area contributed by atoms with Gasteiger partial charge in [-0.15, -0.1) is 6.58 Å². The summed E-state index contributed by atoms with van der Waals surface area (Å²) in [5, 5.41) is 6.10. The molecule has 0 saturated carbocycles. The number of amides is 1. The third kappa shape index (κ3) is 3.69. The van der Waals surface area contributed by atoms with Crippen LogP contribution in [0.2, 0.25) is 0 Å². The van der Waals surface area contributed by atoms with Crippen LogP contribution in [0, 0.1) is 0 Å². The van der Waals surface area contributed by atoms with Gasteiger partial charge in [-0.3, -0.25) is 9.59 Å². The number of thiocarbonyl (C=S) groups is 1. The normalized spacial score (nSPS) is 18.8. The van der Waals surface area contributed by atoms with Crippen molar-refractivity contribution in [3.8, 4) is 0 Å². The second-order valence-electron chi connectivity index (χ2n) is 3.76. The maximum absolute atomic E-state index is 11.8. The van der Waals surface area contributed by atoms with Crippen molar-refractivity contribution in [3.63, 3.8) is 0 Å². The number of rotatable bonds is 4. The SMILES string of the molecule is C=CCNC(=S)N1CCNC(=O)C1CC(=O)OC. The molecule has 6 nitrogen and oxygen atoms in total. The van der Waals surface area contributed by atoms with Crippen molar-refractivity contribution < 1.29 is 14.3 Å². The Hall–Kier alpha value is -1.63. The van der Waals surface area contributed by atoms with Crippen molar-refractivity contribution in [2.45, 2.75) is 12.5 Å². The van der Waals surface area contributed by atoms with Crippen LogP contribution in [-0.4, -0.2) is 54.7 Å². The smallest absolute Gasteiger partial charge is 0.308 e. The minimum atomic E-state index is -0.615. The average Bonchev–Trinajstić information content (AvgIpc) is 2.38. The van der Waals surface area contributed by atoms with Crippen molar-refractivity contribution in [1.82, 2.24) is 15.5 Å². The predicted octanol–water partition coefficient (Wildman–Crippen LogP) is -0.590. The molecule has 2 N–H and O–H groups in total. The van der Waals surface area contributed by atoms with Crippen molar-refractivity contribution >= 4 is 29.2 Å². The largest absolute Gasteiger partial charge is 0.469 e. The van der Waals surface area contributed by atoms with Gasteiger partial charge in [-0.25, -0.2) is 0 Å². The molecule has 1 atom stereocenters. The Morgan fingerprint density at radius 3 is 3.11 bits per heavy atom. The van der Waals surface area contributed by atoms with Crippen LogP contribution in [0.15, 0.2) is 12.7 Å². The fraction of sp³-hybridized carbons (Fsp3) is 0.545. The number of carbonyl (C=O) groups excluding carboxylic acids is 2. The maximum atomic E-state index is 11.8. The van der Waals surface area contributed by atoms with Gasteiger partial charge in [0.1, 0.15) is 6.04 Å². The summed E-state index contributed by atoms with van der Waals surface area (Å²) in [6, 6.07) is -0.615. The highest BCUT2D eigenvalue weighted by Crippen LogP contribution is 2.10. The quantitative estimate of drug-likeness (QED) is 0.405. The molecule has 1 heterocycles. The fourth-order valence-corrected chi connectivity index (χ4v) is 1.96. The second kappa shape index (κ2) is 6.95. The molecule has 100 valence electrons. The number of piperazine rings is 1. The molecule has 0 aromatic carbocycles. The topological polar surface area (TPSA) is 70.7 Å². The first-order valence-corrected chi connectivity index (χ1v) is 6.01. The Balaban J connectivity index is 2.71. The van der Waals surface area contributed by atoms with E-state index in [1.807, 2.05) is 0 Å². The zero-order valence-corrected chi connectivity index (χ0v) is 11.1. The summed E-state index contributed by atoms with van der Waals surface area (Å²) in [6.45, 7) is 5.17. The maximum Gasteiger partial charge on any atom is 0.308 e. The summed E-state index contributed by atoms with van der Waals surface area (Å²) in [5.41, 5.74) is 0. The lowest BCUT2D eigenvalue weighted by atomic mass is 10.1. The molecule has 0 spiro atoms. The first-order valence-electron chi connectivity index (χ1n) is 5.60. The lowest BCUT2D eigenvalue weighted by Crippen LogP contribution is -2.59. The van der Waals surface area contributed by atoms with E-state index in [0.29, 0.717) is 24.7 Å². The Kier molecular flexibility index (Phi) is 5.57. The zero-order valence-electron chi connectivity index (χ0n) is 10.3. The summed E-state index contributed by atoms with van der Waals surface area (Å²) in [5.74, 6) is -0.650. The van der Waals surface area contributed by atoms with Crippen LogP contribution in [0.3, 0.4) is 0 Å². The molecular formula is C11H17N3O3S. The van der Waals surface area contributed by atoms with Gasteiger partial charge in [-0.1, -0.05) is 6.08 Å². The average molecular weight is 271 g/mol. The van der Waals surface area contributed by atoms with Crippen LogP contribution in [0.5, 0.6) is 0 Å². The van der Waals surface area contributed by atoms with Crippen LogP contribution in [0.25, 0.3) is 0 Å². The number of nitrogens with zero attached hydrogens (tertiary/aromatic N) is 1. The standard InChI is InChI=1S/C11H17N3O3S/c1-3-4-13-11(18)14-6-5-12-10(16)8(14)7-9(15)17-2/h3,8H,1,4-7H2,2H3,(H,12,16)(H,13,18). The minimum absolute atomic E-state index is 0.0156. The van der Waals surface area contributed by atoms with E-state index in [4.69, 9.17) is 12.2 Å². The Labute approximate surface area is 111 Å². The van der Waals surface area contributed by atoms with Gasteiger partial charge < -0.3 is 20.3 Å². The van der Waals surface area contributed by atoms with E-state index in [-0.39, 0.29) is 12.3 Å². The molecule has 0 radical (unpaired) electrons. The van der Waals surface area contributed by atoms with Crippen LogP contribution < -0.4 is 10.6 Å². The van der Waals surface area contributed by atoms with Gasteiger partial charge in [0.25, 0.3) is 0 Å². The van der Waals surface area contributed by atoms with E-state index < -0.39 is 12.0 Å². The molecule has 1 fully saturated rings. The number of ether oxygens (including phenoxy) is 1. The summed E-state index contributed by atoms with van der Waals surface area (Å²) in [6.07, 6.45) is 1.66. The predicted molar refractivity (Wildman–Crippen MR) is 70.9 cm³/mol. The van der Waals surface area contributed by atoms with Gasteiger partial charge >= 0.3 is 5.97 Å². The van der Waals surface area contributed by atoms with Gasteiger partial charge in [0, 0.05) is 19.6 Å². The van der Waals surface area contributed by atoms with E-state index in [1.54, 1.807) is 11.0 Å². The first kappa shape index (κ1) is 14.4. The number of hydrogen-bond donors (Lipinski definition) is 2. The molecule has 0 aromatic heterocycles. The number of methoxy groups -OCH3 is 1. The minimum Gasteiger partial charge on any atom is -0.469 e. The van der Waals surface area contributed by atoms with Crippen LogP contribution in [-0.2, 0) is 14.3 Å². The van der Waals surface area contributed by atoms with Gasteiger partial charge in [0.15, 0.2) is 5.11 Å². The molecular weight excluding hydrogens is 254 g/mol. The van der Waals surface area contributed by atoms with Gasteiger partial charge in [0.2, 0.25) is 5.91 Å². The molecule has 0 bridgehead atoms. The van der Waals surface area contributed by atoms with Crippen LogP contribution in [0.4, 0.5) is 0 Å². The van der Waals surface area contributed by atoms with Gasteiger partial charge in [0.05, 0.1) is 13.5 Å². The van der Waals surface area contributed by atoms with Crippen molar-refractivity contribution in [2.24, 2.45) is 0 Å². The molecule has 0 aromatic rings. The van der Waals surface area contributed by atoms with Gasteiger partial charge in [-0.2, -0.15) is 0 Å². The van der Waals surface area contributed by atoms with Crippen LogP contribution >= 0.6 is 12.2 Å². The summed E-state index contributed by atoms with van der Waals surface area (Å²) >= 11 is 5.19. The molecule has 1 amide bonds. The Morgan fingerprint density at radius 2 is 2.50 bits per heavy atom. The van der Waals surface area contributed by atoms with E-state index in [2.05, 4.69) is 21.9 Å². The van der Waals surface area contributed by atoms with Crippen molar-refractivity contribution in [1.29, 1.82) is 0 Å². The third-order valence-electron chi connectivity index (χ3n) is 2.58. The number of hydrogen-bond acceptors (Lipinski definition) is 4. The van der Waals surface area contributed by atoms with Crippen molar-refractivity contribution in [2.75, 3.05) is 26.7 Å². The highest BCUT2D eigenvalue weighted by molar-refractivity contribution is 7.80. The molecule has 1 saturated heterocycles. The molecule has 18 heavy (non-hydrogen) atoms. The molecule has 1 rings (SSSR count). The molecule has 1 aliphatic rings. The lowest BCUT2D eigenvalue weighted by Gasteiger charge is -2.36. The highest BCUT2D eigenvalue weighted by Gasteiger charge is 2.33. The third-order valence-corrected chi connectivity index (χ3v) is 2.96. The fourth-order valence-electron chi connectivity index (χ4n) is 1.66. The van der Waals surface area contributed by atoms with Gasteiger partial charge in [-0.05, 0) is 12.2 Å². The molecule has 1 aliphatic heterocycles. The van der Waals surface area contributed by atoms with Crippen LogP contribution in [0.1, 0.15) is 6.42 Å². The van der Waals surface area contributed by atoms with Crippen molar-refractivity contribution in [3.05, 3.63) is 12.7 Å². The second-order valence-corrected chi connectivity index (χ2v) is 4.14. The zero-order chi connectivity index (χ0) is 13.5. The van der Waals surface area contributed by atoms with E-state index in [1.165, 1.54) is 7.11 Å². The number of esters is 1. The summed E-state index contributed by atoms with van der Waals surface area (Å²) < 4.78 is 4.59. The molecule has 1 unspecified atom stereocenters. The Morgan fingerprint density at radius 1 is 1.78 bits per heavy atom. The lowest BCUT2D eigenvalue weighted by molar-refractivity contribution is -0.144. The number of nitrogens with one attached hydrogen (secondary N) is 2. The summed E-state index contributed by atoms with van der Waals surface area (Å²) in [4.78, 5) is 24.8. The van der Waals surface area contributed by atoms with E-state index in [0.717, 1.165) is 0 Å². The molecule has 7 heteroatoms. The Bertz CT molecular complexity index is 359.